The molecule has 8 aromatic carbocycles. The first-order chi connectivity index (χ1) is 23.1. The number of aryl methyl sites for hydroxylation is 1. The van der Waals surface area contributed by atoms with Crippen molar-refractivity contribution in [2.45, 2.75) is 6.92 Å². The van der Waals surface area contributed by atoms with Crippen molar-refractivity contribution in [3.05, 3.63) is 174 Å². The summed E-state index contributed by atoms with van der Waals surface area (Å²) >= 11 is 0. The first-order valence-electron chi connectivity index (χ1n) is 15.5. The highest BCUT2D eigenvalue weighted by atomic mass is 15.1. The third kappa shape index (κ3) is 5.69. The van der Waals surface area contributed by atoms with Gasteiger partial charge in [-0.15, -0.1) is 0 Å². The van der Waals surface area contributed by atoms with Gasteiger partial charge in [-0.3, -0.25) is 0 Å². The van der Waals surface area contributed by atoms with Gasteiger partial charge in [0.1, 0.15) is 0 Å². The normalized spacial score (nSPS) is 10.6. The van der Waals surface area contributed by atoms with Crippen LogP contribution in [-0.4, -0.2) is 0 Å². The molecule has 8 aromatic rings. The second kappa shape index (κ2) is 12.8. The molecule has 0 aromatic heterocycles. The van der Waals surface area contributed by atoms with Gasteiger partial charge in [-0.1, -0.05) is 84.9 Å². The molecule has 0 aliphatic carbocycles. The van der Waals surface area contributed by atoms with Gasteiger partial charge in [-0.05, 0) is 107 Å². The molecule has 8 rings (SSSR count). The van der Waals surface area contributed by atoms with E-state index in [2.05, 4.69) is 83.9 Å². The van der Waals surface area contributed by atoms with Gasteiger partial charge in [0.15, 0.2) is 0 Å². The lowest BCUT2D eigenvalue weighted by atomic mass is 9.90. The standard InChI is InChI=1S/C37H24N4.C6H6/c1-24-21-28-12-18-32-34(41(30-5-3-2-4-6-30)31-16-9-26(23-39)10-17-31)20-13-27-11-19-33(36(28)35(27)32)37(24)40-29-14-7-25(22-38)8-15-29;1-2-4-6-5-3-1/h2-21,40H,1H3;1-6H. The maximum Gasteiger partial charge on any atom is 0.0991 e. The van der Waals surface area contributed by atoms with E-state index < -0.39 is 0 Å². The van der Waals surface area contributed by atoms with Gasteiger partial charge in [-0.25, -0.2) is 0 Å². The van der Waals surface area contributed by atoms with E-state index in [4.69, 9.17) is 0 Å². The van der Waals surface area contributed by atoms with Gasteiger partial charge in [0.25, 0.3) is 0 Å². The van der Waals surface area contributed by atoms with Crippen LogP contribution in [0.3, 0.4) is 0 Å². The molecule has 0 radical (unpaired) electrons. The fourth-order valence-electron chi connectivity index (χ4n) is 6.21. The third-order valence-electron chi connectivity index (χ3n) is 8.42. The van der Waals surface area contributed by atoms with Gasteiger partial charge in [0.2, 0.25) is 0 Å². The molecule has 0 saturated heterocycles. The molecule has 4 nitrogen and oxygen atoms in total. The first kappa shape index (κ1) is 29.1. The zero-order chi connectivity index (χ0) is 32.2. The number of nitriles is 2. The number of anilines is 5. The Kier molecular flexibility index (Phi) is 7.91. The Labute approximate surface area is 274 Å². The van der Waals surface area contributed by atoms with Crippen LogP contribution in [0, 0.1) is 29.6 Å². The SMILES string of the molecule is Cc1cc2ccc3c(N(c4ccccc4)c4ccc(C#N)cc4)ccc4ccc(c1Nc1ccc(C#N)cc1)c2c43.c1ccccc1. The van der Waals surface area contributed by atoms with Crippen molar-refractivity contribution >= 4 is 60.8 Å². The maximum absolute atomic E-state index is 9.38. The van der Waals surface area contributed by atoms with Crippen LogP contribution in [0.1, 0.15) is 16.7 Å². The van der Waals surface area contributed by atoms with Crippen LogP contribution in [0.4, 0.5) is 28.4 Å². The molecule has 0 aliphatic rings. The molecule has 0 atom stereocenters. The van der Waals surface area contributed by atoms with Crippen LogP contribution in [0.15, 0.2) is 158 Å². The Morgan fingerprint density at radius 2 is 1.02 bits per heavy atom. The Balaban J connectivity index is 0.000000529. The molecule has 0 amide bonds. The lowest BCUT2D eigenvalue weighted by Gasteiger charge is -2.28. The van der Waals surface area contributed by atoms with E-state index >= 15 is 0 Å². The van der Waals surface area contributed by atoms with E-state index in [0.717, 1.165) is 44.8 Å². The van der Waals surface area contributed by atoms with Crippen molar-refractivity contribution < 1.29 is 0 Å². The molecule has 1 N–H and O–H groups in total. The molecule has 0 unspecified atom stereocenters. The van der Waals surface area contributed by atoms with E-state index in [1.807, 2.05) is 103 Å². The summed E-state index contributed by atoms with van der Waals surface area (Å²) in [6.07, 6.45) is 0. The Morgan fingerprint density at radius 1 is 0.511 bits per heavy atom. The molecule has 0 aliphatic heterocycles. The molecular formula is C43H30N4. The molecule has 0 fully saturated rings. The van der Waals surface area contributed by atoms with E-state index in [1.54, 1.807) is 0 Å². The largest absolute Gasteiger partial charge is 0.355 e. The second-order valence-electron chi connectivity index (χ2n) is 11.4. The molecule has 222 valence electrons. The Morgan fingerprint density at radius 3 is 1.66 bits per heavy atom. The molecule has 4 heteroatoms. The van der Waals surface area contributed by atoms with Crippen molar-refractivity contribution in [1.82, 2.24) is 0 Å². The monoisotopic (exact) mass is 602 g/mol. The topological polar surface area (TPSA) is 62.9 Å². The van der Waals surface area contributed by atoms with Crippen LogP contribution in [0.2, 0.25) is 0 Å². The zero-order valence-electron chi connectivity index (χ0n) is 25.9. The van der Waals surface area contributed by atoms with Crippen molar-refractivity contribution in [2.24, 2.45) is 0 Å². The fourth-order valence-corrected chi connectivity index (χ4v) is 6.21. The van der Waals surface area contributed by atoms with Crippen LogP contribution in [0.5, 0.6) is 0 Å². The van der Waals surface area contributed by atoms with E-state index in [-0.39, 0.29) is 0 Å². The van der Waals surface area contributed by atoms with Crippen LogP contribution < -0.4 is 10.2 Å². The summed E-state index contributed by atoms with van der Waals surface area (Å²) in [5.41, 5.74) is 7.55. The predicted octanol–water partition coefficient (Wildman–Crippen LogP) is 11.5. The quantitative estimate of drug-likeness (QED) is 0.199. The Bertz CT molecular complexity index is 2360. The van der Waals surface area contributed by atoms with Crippen molar-refractivity contribution in [1.29, 1.82) is 10.5 Å². The highest BCUT2D eigenvalue weighted by Gasteiger charge is 2.19. The average Bonchev–Trinajstić information content (AvgIpc) is 3.14. The number of hydrogen-bond acceptors (Lipinski definition) is 4. The number of nitrogens with one attached hydrogen (secondary N) is 1. The number of hydrogen-bond donors (Lipinski definition) is 1. The summed E-state index contributed by atoms with van der Waals surface area (Å²) < 4.78 is 0. The average molecular weight is 603 g/mol. The summed E-state index contributed by atoms with van der Waals surface area (Å²) in [4.78, 5) is 2.26. The fraction of sp³-hybridized carbons (Fsp3) is 0.0233. The number of nitrogens with zero attached hydrogens (tertiary/aromatic N) is 3. The maximum atomic E-state index is 9.38. The highest BCUT2D eigenvalue weighted by Crippen LogP contribution is 2.45. The van der Waals surface area contributed by atoms with E-state index in [9.17, 15) is 10.5 Å². The summed E-state index contributed by atoms with van der Waals surface area (Å²) in [5.74, 6) is 0. The van der Waals surface area contributed by atoms with Gasteiger partial charge in [0.05, 0.1) is 29.0 Å². The molecule has 47 heavy (non-hydrogen) atoms. The zero-order valence-corrected chi connectivity index (χ0v) is 25.9. The van der Waals surface area contributed by atoms with Crippen molar-refractivity contribution in [3.63, 3.8) is 0 Å². The highest BCUT2D eigenvalue weighted by molar-refractivity contribution is 6.28. The number of para-hydroxylation sites is 1. The molecular weight excluding hydrogens is 573 g/mol. The lowest BCUT2D eigenvalue weighted by molar-refractivity contribution is 1.30. The molecule has 0 heterocycles. The summed E-state index contributed by atoms with van der Waals surface area (Å²) in [6, 6.07) is 57.6. The summed E-state index contributed by atoms with van der Waals surface area (Å²) in [6.45, 7) is 2.13. The third-order valence-corrected chi connectivity index (χ3v) is 8.42. The minimum absolute atomic E-state index is 0.634. The molecule has 0 saturated carbocycles. The van der Waals surface area contributed by atoms with Gasteiger partial charge >= 0.3 is 0 Å². The summed E-state index contributed by atoms with van der Waals surface area (Å²) in [5, 5.41) is 29.3. The van der Waals surface area contributed by atoms with E-state index in [1.165, 1.54) is 21.5 Å². The number of rotatable bonds is 5. The van der Waals surface area contributed by atoms with Gasteiger partial charge in [-0.2, -0.15) is 10.5 Å². The lowest BCUT2D eigenvalue weighted by Crippen LogP contribution is -2.10. The van der Waals surface area contributed by atoms with E-state index in [0.29, 0.717) is 11.1 Å². The summed E-state index contributed by atoms with van der Waals surface area (Å²) in [7, 11) is 0. The second-order valence-corrected chi connectivity index (χ2v) is 11.4. The smallest absolute Gasteiger partial charge is 0.0991 e. The molecule has 0 bridgehead atoms. The van der Waals surface area contributed by atoms with Crippen molar-refractivity contribution in [2.75, 3.05) is 10.2 Å². The minimum atomic E-state index is 0.634. The predicted molar refractivity (Wildman–Crippen MR) is 195 cm³/mol. The van der Waals surface area contributed by atoms with Crippen molar-refractivity contribution in [3.8, 4) is 12.1 Å². The molecule has 0 spiro atoms. The number of benzene rings is 8. The van der Waals surface area contributed by atoms with Crippen LogP contribution in [-0.2, 0) is 0 Å². The van der Waals surface area contributed by atoms with Crippen LogP contribution in [0.25, 0.3) is 32.3 Å². The Hall–Kier alpha value is -6.62. The first-order valence-corrected chi connectivity index (χ1v) is 15.5. The van der Waals surface area contributed by atoms with Crippen LogP contribution >= 0.6 is 0 Å². The van der Waals surface area contributed by atoms with Gasteiger partial charge < -0.3 is 10.2 Å². The van der Waals surface area contributed by atoms with Gasteiger partial charge in [0, 0.05) is 33.5 Å². The minimum Gasteiger partial charge on any atom is -0.355 e.